The van der Waals surface area contributed by atoms with Crippen molar-refractivity contribution in [2.24, 2.45) is 0 Å². The zero-order chi connectivity index (χ0) is 16.6. The highest BCUT2D eigenvalue weighted by molar-refractivity contribution is 5.82. The maximum atomic E-state index is 10.1. The first kappa shape index (κ1) is 15.9. The largest absolute Gasteiger partial charge is 0.388 e. The fraction of sp³-hybridized carbons (Fsp3) is 0.533. The number of hydrogen-bond donors (Lipinski definition) is 3. The summed E-state index contributed by atoms with van der Waals surface area (Å²) < 4.78 is 7.25. The van der Waals surface area contributed by atoms with Crippen molar-refractivity contribution in [2.45, 2.75) is 45.3 Å². The number of hydrogen-bond acceptors (Lipinski definition) is 7. The van der Waals surface area contributed by atoms with Crippen LogP contribution in [-0.4, -0.2) is 54.6 Å². The molecule has 8 heteroatoms. The first-order valence-corrected chi connectivity index (χ1v) is 7.55. The molecule has 1 saturated heterocycles. The Balaban J connectivity index is 1.91. The van der Waals surface area contributed by atoms with E-state index >= 15 is 0 Å². The lowest BCUT2D eigenvalue weighted by molar-refractivity contribution is -0.0299. The molecule has 4 atom stereocenters. The van der Waals surface area contributed by atoms with E-state index in [1.54, 1.807) is 17.8 Å². The van der Waals surface area contributed by atoms with Crippen molar-refractivity contribution < 1.29 is 14.9 Å². The minimum absolute atomic E-state index is 0.454. The lowest BCUT2D eigenvalue weighted by atomic mass is 10.1. The topological polar surface area (TPSA) is 105 Å². The smallest absolute Gasteiger partial charge is 0.167 e. The number of aromatic nitrogens is 4. The Morgan fingerprint density at radius 1 is 1.30 bits per heavy atom. The maximum absolute atomic E-state index is 10.1. The van der Waals surface area contributed by atoms with Gasteiger partial charge in [0.25, 0.3) is 0 Å². The van der Waals surface area contributed by atoms with Crippen molar-refractivity contribution in [3.8, 4) is 0 Å². The Hall–Kier alpha value is -2.03. The number of imidazole rings is 1. The van der Waals surface area contributed by atoms with Crippen LogP contribution in [0.1, 0.15) is 27.0 Å². The van der Waals surface area contributed by atoms with Crippen molar-refractivity contribution >= 4 is 17.0 Å². The predicted molar refractivity (Wildman–Crippen MR) is 84.8 cm³/mol. The molecule has 0 aromatic carbocycles. The zero-order valence-electron chi connectivity index (χ0n) is 13.3. The van der Waals surface area contributed by atoms with Gasteiger partial charge >= 0.3 is 0 Å². The number of aliphatic hydroxyl groups is 2. The maximum Gasteiger partial charge on any atom is 0.167 e. The van der Waals surface area contributed by atoms with E-state index in [2.05, 4.69) is 20.3 Å². The van der Waals surface area contributed by atoms with Gasteiger partial charge in [-0.05, 0) is 20.8 Å². The van der Waals surface area contributed by atoms with Gasteiger partial charge in [0.15, 0.2) is 23.2 Å². The minimum Gasteiger partial charge on any atom is -0.388 e. The summed E-state index contributed by atoms with van der Waals surface area (Å²) in [5, 5.41) is 23.2. The van der Waals surface area contributed by atoms with Gasteiger partial charge in [-0.25, -0.2) is 15.0 Å². The van der Waals surface area contributed by atoms with Crippen LogP contribution in [0.5, 0.6) is 0 Å². The van der Waals surface area contributed by atoms with Crippen LogP contribution >= 0.6 is 0 Å². The summed E-state index contributed by atoms with van der Waals surface area (Å²) in [6, 6.07) is 0. The van der Waals surface area contributed by atoms with Crippen molar-refractivity contribution in [1.29, 1.82) is 0 Å². The molecular weight excluding hydrogens is 298 g/mol. The second-order valence-electron chi connectivity index (χ2n) is 5.92. The zero-order valence-corrected chi connectivity index (χ0v) is 13.3. The third-order valence-corrected chi connectivity index (χ3v) is 3.89. The monoisotopic (exact) mass is 319 g/mol. The van der Waals surface area contributed by atoms with Gasteiger partial charge in [0.2, 0.25) is 0 Å². The van der Waals surface area contributed by atoms with Gasteiger partial charge in [0, 0.05) is 6.54 Å². The molecule has 0 radical (unpaired) electrons. The summed E-state index contributed by atoms with van der Waals surface area (Å²) in [7, 11) is 0. The first-order valence-electron chi connectivity index (χ1n) is 7.55. The van der Waals surface area contributed by atoms with E-state index in [1.807, 2.05) is 19.9 Å². The molecule has 0 spiro atoms. The number of fused-ring (bicyclic) bond motifs is 1. The average Bonchev–Trinajstić information content (AvgIpc) is 3.04. The van der Waals surface area contributed by atoms with Crippen LogP contribution in [-0.2, 0) is 4.74 Å². The highest BCUT2D eigenvalue weighted by atomic mass is 16.6. The third kappa shape index (κ3) is 2.92. The molecule has 8 nitrogen and oxygen atoms in total. The summed E-state index contributed by atoms with van der Waals surface area (Å²) in [6.45, 7) is 6.41. The number of aliphatic hydroxyl groups excluding tert-OH is 2. The molecule has 0 bridgehead atoms. The predicted octanol–water partition coefficient (Wildman–Crippen LogP) is 0.843. The summed E-state index contributed by atoms with van der Waals surface area (Å²) in [6.07, 6.45) is 1.90. The molecule has 0 saturated carbocycles. The van der Waals surface area contributed by atoms with E-state index in [1.165, 1.54) is 11.9 Å². The Morgan fingerprint density at radius 3 is 2.74 bits per heavy atom. The van der Waals surface area contributed by atoms with Crippen LogP contribution in [0.25, 0.3) is 11.2 Å². The van der Waals surface area contributed by atoms with Crippen molar-refractivity contribution in [3.05, 3.63) is 24.3 Å². The number of nitrogens with zero attached hydrogens (tertiary/aromatic N) is 4. The summed E-state index contributed by atoms with van der Waals surface area (Å²) in [5.74, 6) is 0.618. The number of nitrogens with one attached hydrogen (secondary N) is 1. The van der Waals surface area contributed by atoms with Gasteiger partial charge < -0.3 is 20.3 Å². The number of rotatable bonds is 4. The Kier molecular flexibility index (Phi) is 4.29. The standard InChI is InChI=1S/C15H21N5O3/c1-8(2)4-5-16-13-10-14(18-6-17-13)20(7-19-10)15-12(22)11(21)9(3)23-15/h4,6-7,9,11-12,15,21-22H,5H2,1-3H3,(H,16,17,18)/t9-,11-,12-,15-/m1/s1. The Labute approximate surface area is 133 Å². The van der Waals surface area contributed by atoms with E-state index in [0.717, 1.165) is 0 Å². The normalized spacial score (nSPS) is 27.3. The SMILES string of the molecule is CC(C)=CCNc1ncnc2c1ncn2[C@@H]1O[C@H](C)[C@@H](O)[C@H]1O. The van der Waals surface area contributed by atoms with Crippen LogP contribution in [0.2, 0.25) is 0 Å². The molecule has 3 heterocycles. The van der Waals surface area contributed by atoms with Gasteiger partial charge in [-0.15, -0.1) is 0 Å². The molecule has 2 aromatic heterocycles. The van der Waals surface area contributed by atoms with E-state index in [4.69, 9.17) is 4.74 Å². The second-order valence-corrected chi connectivity index (χ2v) is 5.92. The van der Waals surface area contributed by atoms with Crippen LogP contribution in [0.3, 0.4) is 0 Å². The second kappa shape index (κ2) is 6.23. The van der Waals surface area contributed by atoms with Crippen LogP contribution in [0.15, 0.2) is 24.3 Å². The van der Waals surface area contributed by atoms with Crippen LogP contribution in [0, 0.1) is 0 Å². The molecule has 3 rings (SSSR count). The number of allylic oxidation sites excluding steroid dienone is 1. The van der Waals surface area contributed by atoms with E-state index in [9.17, 15) is 10.2 Å². The molecule has 1 fully saturated rings. The van der Waals surface area contributed by atoms with Crippen molar-refractivity contribution in [2.75, 3.05) is 11.9 Å². The third-order valence-electron chi connectivity index (χ3n) is 3.89. The van der Waals surface area contributed by atoms with E-state index in [0.29, 0.717) is 23.5 Å². The van der Waals surface area contributed by atoms with Gasteiger partial charge in [-0.3, -0.25) is 4.57 Å². The molecule has 2 aromatic rings. The number of ether oxygens (including phenoxy) is 1. The Morgan fingerprint density at radius 2 is 2.09 bits per heavy atom. The minimum atomic E-state index is -1.03. The molecule has 1 aliphatic rings. The first-order chi connectivity index (χ1) is 11.0. The lowest BCUT2D eigenvalue weighted by Crippen LogP contribution is -2.30. The van der Waals surface area contributed by atoms with Gasteiger partial charge in [-0.2, -0.15) is 0 Å². The van der Waals surface area contributed by atoms with E-state index in [-0.39, 0.29) is 0 Å². The fourth-order valence-electron chi connectivity index (χ4n) is 2.58. The van der Waals surface area contributed by atoms with Gasteiger partial charge in [-0.1, -0.05) is 11.6 Å². The molecular formula is C15H21N5O3. The summed E-state index contributed by atoms with van der Waals surface area (Å²) >= 11 is 0. The summed E-state index contributed by atoms with van der Waals surface area (Å²) in [4.78, 5) is 12.8. The molecule has 0 aliphatic carbocycles. The average molecular weight is 319 g/mol. The highest BCUT2D eigenvalue weighted by Gasteiger charge is 2.42. The van der Waals surface area contributed by atoms with Gasteiger partial charge in [0.1, 0.15) is 18.5 Å². The molecule has 1 aliphatic heterocycles. The lowest BCUT2D eigenvalue weighted by Gasteiger charge is -2.16. The van der Waals surface area contributed by atoms with Crippen molar-refractivity contribution in [1.82, 2.24) is 19.5 Å². The van der Waals surface area contributed by atoms with Gasteiger partial charge in [0.05, 0.1) is 12.4 Å². The summed E-state index contributed by atoms with van der Waals surface area (Å²) in [5.41, 5.74) is 2.35. The van der Waals surface area contributed by atoms with Crippen molar-refractivity contribution in [3.63, 3.8) is 0 Å². The Bertz CT molecular complexity index is 725. The molecule has 0 unspecified atom stereocenters. The molecule has 23 heavy (non-hydrogen) atoms. The van der Waals surface area contributed by atoms with Crippen LogP contribution < -0.4 is 5.32 Å². The fourth-order valence-corrected chi connectivity index (χ4v) is 2.58. The van der Waals surface area contributed by atoms with E-state index < -0.39 is 24.5 Å². The molecule has 124 valence electrons. The van der Waals surface area contributed by atoms with Crippen LogP contribution in [0.4, 0.5) is 5.82 Å². The quantitative estimate of drug-likeness (QED) is 0.717. The molecule has 0 amide bonds. The molecule has 3 N–H and O–H groups in total. The highest BCUT2D eigenvalue weighted by Crippen LogP contribution is 2.31. The number of anilines is 1.